The summed E-state index contributed by atoms with van der Waals surface area (Å²) >= 11 is 0.695. The van der Waals surface area contributed by atoms with Gasteiger partial charge in [0.15, 0.2) is 10.9 Å². The number of esters is 1. The number of ether oxygens (including phenoxy) is 1. The van der Waals surface area contributed by atoms with Crippen LogP contribution >= 0.6 is 11.8 Å². The summed E-state index contributed by atoms with van der Waals surface area (Å²) in [4.78, 5) is 27.8. The van der Waals surface area contributed by atoms with E-state index in [1.807, 2.05) is 0 Å². The first-order valence-electron chi connectivity index (χ1n) is 5.26. The van der Waals surface area contributed by atoms with Crippen LogP contribution in [0.2, 0.25) is 0 Å². The monoisotopic (exact) mass is 296 g/mol. The van der Waals surface area contributed by atoms with E-state index < -0.39 is 28.6 Å². The molecule has 0 radical (unpaired) electrons. The molecule has 5 nitrogen and oxygen atoms in total. The number of thioether (sulfide) groups is 1. The zero-order valence-corrected chi connectivity index (χ0v) is 10.9. The third-order valence-corrected chi connectivity index (χ3v) is 2.88. The molecule has 106 valence electrons. The van der Waals surface area contributed by atoms with Gasteiger partial charge in [-0.2, -0.15) is 13.2 Å². The van der Waals surface area contributed by atoms with Crippen LogP contribution < -0.4 is 5.56 Å². The number of carbonyl (C=O) groups excluding carboxylic acids is 1. The third kappa shape index (κ3) is 4.58. The van der Waals surface area contributed by atoms with Crippen LogP contribution in [-0.4, -0.2) is 27.8 Å². The quantitative estimate of drug-likeness (QED) is 0.521. The van der Waals surface area contributed by atoms with Crippen LogP contribution in [0.1, 0.15) is 19.5 Å². The van der Waals surface area contributed by atoms with Crippen molar-refractivity contribution in [1.82, 2.24) is 9.97 Å². The number of nitrogens with zero attached hydrogens (tertiary/aromatic N) is 1. The van der Waals surface area contributed by atoms with Gasteiger partial charge < -0.3 is 9.72 Å². The van der Waals surface area contributed by atoms with E-state index in [0.29, 0.717) is 17.8 Å². The molecule has 0 aliphatic carbocycles. The van der Waals surface area contributed by atoms with Gasteiger partial charge in [0, 0.05) is 6.07 Å². The molecule has 0 saturated heterocycles. The number of aromatic amines is 1. The van der Waals surface area contributed by atoms with E-state index in [1.54, 1.807) is 6.92 Å². The fourth-order valence-electron chi connectivity index (χ4n) is 1.11. The van der Waals surface area contributed by atoms with E-state index in [-0.39, 0.29) is 11.8 Å². The predicted molar refractivity (Wildman–Crippen MR) is 61.8 cm³/mol. The number of rotatable bonds is 4. The first kappa shape index (κ1) is 15.5. The topological polar surface area (TPSA) is 72.0 Å². The second kappa shape index (κ2) is 6.09. The number of H-pyrrole nitrogens is 1. The number of aromatic nitrogens is 2. The Morgan fingerprint density at radius 3 is 2.74 bits per heavy atom. The Balaban J connectivity index is 2.93. The highest BCUT2D eigenvalue weighted by atomic mass is 32.2. The molecular weight excluding hydrogens is 285 g/mol. The highest BCUT2D eigenvalue weighted by Gasteiger charge is 2.33. The summed E-state index contributed by atoms with van der Waals surface area (Å²) in [7, 11) is 0. The van der Waals surface area contributed by atoms with Crippen molar-refractivity contribution < 1.29 is 22.7 Å². The second-order valence-corrected chi connectivity index (χ2v) is 4.78. The molecule has 0 spiro atoms. The highest BCUT2D eigenvalue weighted by molar-refractivity contribution is 8.00. The van der Waals surface area contributed by atoms with E-state index in [4.69, 9.17) is 4.74 Å². The van der Waals surface area contributed by atoms with Gasteiger partial charge in [0.25, 0.3) is 5.56 Å². The minimum Gasteiger partial charge on any atom is -0.465 e. The van der Waals surface area contributed by atoms with Crippen LogP contribution in [0.3, 0.4) is 0 Å². The van der Waals surface area contributed by atoms with Gasteiger partial charge in [-0.05, 0) is 13.8 Å². The van der Waals surface area contributed by atoms with Crippen molar-refractivity contribution in [3.8, 4) is 0 Å². The van der Waals surface area contributed by atoms with Crippen molar-refractivity contribution >= 4 is 17.7 Å². The van der Waals surface area contributed by atoms with Crippen molar-refractivity contribution in [2.75, 3.05) is 6.61 Å². The van der Waals surface area contributed by atoms with Gasteiger partial charge in [0.05, 0.1) is 6.61 Å². The molecule has 0 saturated carbocycles. The Labute approximate surface area is 110 Å². The van der Waals surface area contributed by atoms with Crippen molar-refractivity contribution in [1.29, 1.82) is 0 Å². The van der Waals surface area contributed by atoms with Crippen molar-refractivity contribution in [2.45, 2.75) is 30.4 Å². The zero-order chi connectivity index (χ0) is 14.6. The maximum atomic E-state index is 12.4. The lowest BCUT2D eigenvalue weighted by atomic mass is 10.4. The van der Waals surface area contributed by atoms with E-state index >= 15 is 0 Å². The lowest BCUT2D eigenvalue weighted by Gasteiger charge is -2.10. The van der Waals surface area contributed by atoms with Crippen molar-refractivity contribution in [2.24, 2.45) is 0 Å². The molecule has 0 amide bonds. The van der Waals surface area contributed by atoms with Gasteiger partial charge in [-0.3, -0.25) is 9.59 Å². The molecule has 0 bridgehead atoms. The minimum atomic E-state index is -4.71. The van der Waals surface area contributed by atoms with E-state index in [1.165, 1.54) is 6.92 Å². The fourth-order valence-corrected chi connectivity index (χ4v) is 1.92. The Morgan fingerprint density at radius 1 is 1.58 bits per heavy atom. The lowest BCUT2D eigenvalue weighted by molar-refractivity contribution is -0.142. The molecule has 1 aromatic heterocycles. The summed E-state index contributed by atoms with van der Waals surface area (Å²) in [5.41, 5.74) is -2.23. The van der Waals surface area contributed by atoms with Gasteiger partial charge in [-0.1, -0.05) is 11.8 Å². The molecule has 1 atom stereocenters. The van der Waals surface area contributed by atoms with E-state index in [0.717, 1.165) is 0 Å². The summed E-state index contributed by atoms with van der Waals surface area (Å²) in [6.45, 7) is 3.22. The van der Waals surface area contributed by atoms with Crippen LogP contribution in [0.15, 0.2) is 16.0 Å². The number of hydrogen-bond acceptors (Lipinski definition) is 5. The maximum absolute atomic E-state index is 12.4. The Hall–Kier alpha value is -1.51. The molecule has 1 N–H and O–H groups in total. The van der Waals surface area contributed by atoms with Crippen LogP contribution in [0.4, 0.5) is 13.2 Å². The predicted octanol–water partition coefficient (Wildman–Crippen LogP) is 1.83. The number of carbonyl (C=O) groups is 1. The molecule has 0 aromatic carbocycles. The zero-order valence-electron chi connectivity index (χ0n) is 10.1. The average Bonchev–Trinajstić information content (AvgIpc) is 2.27. The van der Waals surface area contributed by atoms with Crippen LogP contribution in [-0.2, 0) is 15.7 Å². The molecule has 1 aromatic rings. The third-order valence-electron chi connectivity index (χ3n) is 1.92. The van der Waals surface area contributed by atoms with Crippen LogP contribution in [0.25, 0.3) is 0 Å². The van der Waals surface area contributed by atoms with Gasteiger partial charge in [0.2, 0.25) is 0 Å². The van der Waals surface area contributed by atoms with E-state index in [9.17, 15) is 22.8 Å². The fraction of sp³-hybridized carbons (Fsp3) is 0.500. The summed E-state index contributed by atoms with van der Waals surface area (Å²) in [6, 6.07) is 0.360. The Morgan fingerprint density at radius 2 is 2.21 bits per heavy atom. The Kier molecular flexibility index (Phi) is 4.98. The molecule has 0 aliphatic rings. The number of hydrogen-bond donors (Lipinski definition) is 1. The smallest absolute Gasteiger partial charge is 0.433 e. The molecule has 0 aliphatic heterocycles. The summed E-state index contributed by atoms with van der Waals surface area (Å²) in [5.74, 6) is -0.590. The van der Waals surface area contributed by atoms with Crippen LogP contribution in [0, 0.1) is 0 Å². The number of nitrogens with one attached hydrogen (secondary N) is 1. The van der Waals surface area contributed by atoms with Crippen molar-refractivity contribution in [3.05, 3.63) is 22.1 Å². The summed E-state index contributed by atoms with van der Waals surface area (Å²) in [5, 5.41) is -1.05. The van der Waals surface area contributed by atoms with Gasteiger partial charge in [-0.15, -0.1) is 0 Å². The molecule has 0 unspecified atom stereocenters. The first-order chi connectivity index (χ1) is 8.74. The van der Waals surface area contributed by atoms with Gasteiger partial charge in [-0.25, -0.2) is 4.98 Å². The average molecular weight is 296 g/mol. The minimum absolute atomic E-state index is 0.163. The molecular formula is C10H11F3N2O3S. The number of alkyl halides is 3. The SMILES string of the molecule is CCOC(=O)[C@@H](C)Sc1nc(C(F)(F)F)cc(=O)[nH]1. The summed E-state index contributed by atoms with van der Waals surface area (Å²) < 4.78 is 42.0. The molecule has 19 heavy (non-hydrogen) atoms. The van der Waals surface area contributed by atoms with Gasteiger partial charge in [0.1, 0.15) is 5.25 Å². The molecule has 1 heterocycles. The molecule has 9 heteroatoms. The lowest BCUT2D eigenvalue weighted by Crippen LogP contribution is -2.20. The largest absolute Gasteiger partial charge is 0.465 e. The highest BCUT2D eigenvalue weighted by Crippen LogP contribution is 2.28. The van der Waals surface area contributed by atoms with Crippen LogP contribution in [0.5, 0.6) is 0 Å². The molecule has 0 fully saturated rings. The summed E-state index contributed by atoms with van der Waals surface area (Å²) in [6.07, 6.45) is -4.71. The molecule has 1 rings (SSSR count). The first-order valence-corrected chi connectivity index (χ1v) is 6.14. The number of halogens is 3. The van der Waals surface area contributed by atoms with Crippen molar-refractivity contribution in [3.63, 3.8) is 0 Å². The normalized spacial score (nSPS) is 13.1. The maximum Gasteiger partial charge on any atom is 0.433 e. The Bertz CT molecular complexity index is 515. The van der Waals surface area contributed by atoms with E-state index in [2.05, 4.69) is 9.97 Å². The van der Waals surface area contributed by atoms with Gasteiger partial charge >= 0.3 is 12.1 Å². The standard InChI is InChI=1S/C10H11F3N2O3S/c1-3-18-8(17)5(2)19-9-14-6(10(11,12)13)4-7(16)15-9/h4-5H,3H2,1-2H3,(H,14,15,16)/t5-/m1/s1. The second-order valence-electron chi connectivity index (χ2n) is 3.45.